The van der Waals surface area contributed by atoms with Gasteiger partial charge in [0.2, 0.25) is 5.91 Å². The van der Waals surface area contributed by atoms with Crippen LogP contribution in [0.25, 0.3) is 33.4 Å². The van der Waals surface area contributed by atoms with Crippen molar-refractivity contribution < 1.29 is 13.6 Å². The van der Waals surface area contributed by atoms with Crippen molar-refractivity contribution in [2.24, 2.45) is 5.73 Å². The molecule has 6 nitrogen and oxygen atoms in total. The van der Waals surface area contributed by atoms with Gasteiger partial charge in [-0.25, -0.2) is 4.39 Å². The highest BCUT2D eigenvalue weighted by atomic mass is 19.1. The van der Waals surface area contributed by atoms with Gasteiger partial charge in [-0.15, -0.1) is 0 Å². The molecule has 4 aromatic rings. The molecule has 1 saturated heterocycles. The number of furan rings is 1. The van der Waals surface area contributed by atoms with Gasteiger partial charge in [0.15, 0.2) is 5.58 Å². The minimum absolute atomic E-state index is 0.103. The third-order valence-corrected chi connectivity index (χ3v) is 5.97. The molecule has 162 valence electrons. The molecule has 5 rings (SSSR count). The molecule has 1 amide bonds. The number of amides is 1. The Labute approximate surface area is 185 Å². The fraction of sp³-hybridized carbons (Fsp3) is 0.200. The summed E-state index contributed by atoms with van der Waals surface area (Å²) < 4.78 is 19.7. The predicted molar refractivity (Wildman–Crippen MR) is 123 cm³/mol. The van der Waals surface area contributed by atoms with E-state index in [-0.39, 0.29) is 5.56 Å². The van der Waals surface area contributed by atoms with E-state index < -0.39 is 11.7 Å². The first kappa shape index (κ1) is 20.2. The van der Waals surface area contributed by atoms with Gasteiger partial charge in [0.25, 0.3) is 0 Å². The maximum absolute atomic E-state index is 14.0. The van der Waals surface area contributed by atoms with Crippen LogP contribution in [-0.4, -0.2) is 49.0 Å². The number of rotatable bonds is 4. The van der Waals surface area contributed by atoms with Crippen LogP contribution in [0.3, 0.4) is 0 Å². The lowest BCUT2D eigenvalue weighted by molar-refractivity contribution is 0.1000. The van der Waals surface area contributed by atoms with Gasteiger partial charge in [-0.05, 0) is 54.6 Å². The Kier molecular flexibility index (Phi) is 5.11. The van der Waals surface area contributed by atoms with Crippen molar-refractivity contribution in [1.82, 2.24) is 9.88 Å². The second-order valence-corrected chi connectivity index (χ2v) is 8.15. The first-order valence-corrected chi connectivity index (χ1v) is 10.5. The molecule has 0 unspecified atom stereocenters. The Morgan fingerprint density at radius 3 is 2.47 bits per heavy atom. The van der Waals surface area contributed by atoms with Crippen molar-refractivity contribution >= 4 is 22.7 Å². The first-order valence-electron chi connectivity index (χ1n) is 10.5. The maximum atomic E-state index is 14.0. The van der Waals surface area contributed by atoms with E-state index in [1.54, 1.807) is 12.3 Å². The Balaban J connectivity index is 1.44. The van der Waals surface area contributed by atoms with E-state index >= 15 is 0 Å². The number of fused-ring (bicyclic) bond motifs is 1. The second kappa shape index (κ2) is 8.09. The number of anilines is 1. The average molecular weight is 430 g/mol. The molecule has 2 aromatic heterocycles. The van der Waals surface area contributed by atoms with Crippen molar-refractivity contribution in [2.75, 3.05) is 38.1 Å². The van der Waals surface area contributed by atoms with Gasteiger partial charge in [0.1, 0.15) is 17.6 Å². The summed E-state index contributed by atoms with van der Waals surface area (Å²) in [7, 11) is 2.15. The molecule has 1 fully saturated rings. The van der Waals surface area contributed by atoms with Crippen LogP contribution >= 0.6 is 0 Å². The van der Waals surface area contributed by atoms with Crippen molar-refractivity contribution in [3.05, 3.63) is 72.4 Å². The maximum Gasteiger partial charge on any atom is 0.248 e. The van der Waals surface area contributed by atoms with E-state index in [0.29, 0.717) is 22.2 Å². The van der Waals surface area contributed by atoms with E-state index in [2.05, 4.69) is 46.1 Å². The number of carbonyl (C=O) groups excluding carboxylic acids is 1. The zero-order chi connectivity index (χ0) is 22.2. The molecular formula is C25H23FN4O2. The molecule has 2 aromatic carbocycles. The SMILES string of the molecule is CN1CCN(c2ccc(-c3cnc4c(-c5cc(F)cc(C(N)=O)c5)coc4c3)cc2)CC1. The number of benzene rings is 2. The third-order valence-electron chi connectivity index (χ3n) is 5.97. The topological polar surface area (TPSA) is 75.6 Å². The monoisotopic (exact) mass is 430 g/mol. The molecule has 2 N–H and O–H groups in total. The molecule has 0 saturated carbocycles. The molecule has 1 aliphatic rings. The van der Waals surface area contributed by atoms with E-state index in [1.807, 2.05) is 6.07 Å². The average Bonchev–Trinajstić information content (AvgIpc) is 3.23. The van der Waals surface area contributed by atoms with Crippen LogP contribution in [0.5, 0.6) is 0 Å². The predicted octanol–water partition coefficient (Wildman–Crippen LogP) is 4.15. The molecule has 0 atom stereocenters. The summed E-state index contributed by atoms with van der Waals surface area (Å²) in [5.41, 5.74) is 10.9. The van der Waals surface area contributed by atoms with E-state index in [4.69, 9.17) is 10.2 Å². The number of piperazine rings is 1. The van der Waals surface area contributed by atoms with E-state index in [1.165, 1.54) is 18.0 Å². The lowest BCUT2D eigenvalue weighted by Crippen LogP contribution is -2.44. The number of hydrogen-bond acceptors (Lipinski definition) is 5. The number of likely N-dealkylation sites (N-methyl/N-ethyl adjacent to an activating group) is 1. The lowest BCUT2D eigenvalue weighted by atomic mass is 10.0. The molecule has 1 aliphatic heterocycles. The zero-order valence-corrected chi connectivity index (χ0v) is 17.7. The normalized spacial score (nSPS) is 14.8. The Morgan fingerprint density at radius 1 is 1.00 bits per heavy atom. The van der Waals surface area contributed by atoms with Gasteiger partial charge in [0.05, 0.1) is 0 Å². The minimum Gasteiger partial charge on any atom is -0.462 e. The van der Waals surface area contributed by atoms with Crippen LogP contribution in [-0.2, 0) is 0 Å². The van der Waals surface area contributed by atoms with Gasteiger partial charge in [-0.2, -0.15) is 0 Å². The molecule has 7 heteroatoms. The highest BCUT2D eigenvalue weighted by Crippen LogP contribution is 2.33. The lowest BCUT2D eigenvalue weighted by Gasteiger charge is -2.34. The minimum atomic E-state index is -0.686. The fourth-order valence-corrected chi connectivity index (χ4v) is 4.09. The van der Waals surface area contributed by atoms with Gasteiger partial charge in [-0.3, -0.25) is 9.78 Å². The largest absolute Gasteiger partial charge is 0.462 e. The molecular weight excluding hydrogens is 407 g/mol. The van der Waals surface area contributed by atoms with Crippen molar-refractivity contribution in [3.63, 3.8) is 0 Å². The number of nitrogens with two attached hydrogens (primary N) is 1. The van der Waals surface area contributed by atoms with Crippen molar-refractivity contribution in [1.29, 1.82) is 0 Å². The van der Waals surface area contributed by atoms with E-state index in [9.17, 15) is 9.18 Å². The fourth-order valence-electron chi connectivity index (χ4n) is 4.09. The summed E-state index contributed by atoms with van der Waals surface area (Å²) in [5.74, 6) is -1.23. The van der Waals surface area contributed by atoms with Crippen molar-refractivity contribution in [3.8, 4) is 22.3 Å². The molecule has 0 radical (unpaired) electrons. The van der Waals surface area contributed by atoms with Crippen LogP contribution in [0.15, 0.2) is 65.4 Å². The quantitative estimate of drug-likeness (QED) is 0.526. The highest BCUT2D eigenvalue weighted by Gasteiger charge is 2.16. The summed E-state index contributed by atoms with van der Waals surface area (Å²) in [6, 6.07) is 14.4. The van der Waals surface area contributed by atoms with Gasteiger partial charge < -0.3 is 20.0 Å². The number of carbonyl (C=O) groups is 1. The number of aromatic nitrogens is 1. The number of nitrogens with zero attached hydrogens (tertiary/aromatic N) is 3. The van der Waals surface area contributed by atoms with Gasteiger partial charge >= 0.3 is 0 Å². The summed E-state index contributed by atoms with van der Waals surface area (Å²) >= 11 is 0. The molecule has 0 spiro atoms. The first-order chi connectivity index (χ1) is 15.5. The smallest absolute Gasteiger partial charge is 0.248 e. The number of hydrogen-bond donors (Lipinski definition) is 1. The van der Waals surface area contributed by atoms with Crippen LogP contribution in [0.2, 0.25) is 0 Å². The van der Waals surface area contributed by atoms with Crippen LogP contribution in [0.4, 0.5) is 10.1 Å². The standard InChI is InChI=1S/C25H23FN4O2/c1-29-6-8-30(9-7-29)21-4-2-16(3-5-21)19-13-23-24(28-14-19)22(15-32-23)17-10-18(25(27)31)12-20(26)11-17/h2-5,10-15H,6-9H2,1H3,(H2,27,31). The number of primary amides is 1. The third kappa shape index (κ3) is 3.83. The van der Waals surface area contributed by atoms with Crippen LogP contribution in [0.1, 0.15) is 10.4 Å². The number of halogens is 1. The Hall–Kier alpha value is -3.71. The zero-order valence-electron chi connectivity index (χ0n) is 17.7. The summed E-state index contributed by atoms with van der Waals surface area (Å²) in [6.07, 6.45) is 3.30. The summed E-state index contributed by atoms with van der Waals surface area (Å²) in [5, 5.41) is 0. The van der Waals surface area contributed by atoms with Crippen LogP contribution in [0, 0.1) is 5.82 Å². The van der Waals surface area contributed by atoms with E-state index in [0.717, 1.165) is 43.4 Å². The highest BCUT2D eigenvalue weighted by molar-refractivity contribution is 5.97. The molecule has 32 heavy (non-hydrogen) atoms. The Bertz CT molecular complexity index is 1290. The van der Waals surface area contributed by atoms with Crippen molar-refractivity contribution in [2.45, 2.75) is 0 Å². The summed E-state index contributed by atoms with van der Waals surface area (Å²) in [4.78, 5) is 20.8. The Morgan fingerprint density at radius 2 is 1.75 bits per heavy atom. The van der Waals surface area contributed by atoms with Crippen LogP contribution < -0.4 is 10.6 Å². The molecule has 3 heterocycles. The molecule has 0 bridgehead atoms. The second-order valence-electron chi connectivity index (χ2n) is 8.15. The van der Waals surface area contributed by atoms with Gasteiger partial charge in [-0.1, -0.05) is 12.1 Å². The summed E-state index contributed by atoms with van der Waals surface area (Å²) in [6.45, 7) is 4.18. The number of pyridine rings is 1. The molecule has 0 aliphatic carbocycles. The van der Waals surface area contributed by atoms with Gasteiger partial charge in [0, 0.05) is 54.8 Å².